The monoisotopic (exact) mass is 536 g/mol. The van der Waals surface area contributed by atoms with Crippen molar-refractivity contribution in [3.05, 3.63) is 71.8 Å². The number of imidazole rings is 1. The van der Waals surface area contributed by atoms with Crippen molar-refractivity contribution in [1.82, 2.24) is 19.4 Å². The van der Waals surface area contributed by atoms with E-state index >= 15 is 0 Å². The van der Waals surface area contributed by atoms with Crippen LogP contribution >= 0.6 is 0 Å². The van der Waals surface area contributed by atoms with E-state index in [-0.39, 0.29) is 19.1 Å². The lowest BCUT2D eigenvalue weighted by Gasteiger charge is -2.32. The Labute approximate surface area is 230 Å². The molecule has 9 heteroatoms. The number of aliphatic hydroxyl groups is 1. The standard InChI is InChI=1S/C30H40N4O5/c1-23-6-9-27(10-7-23)39-22-30(36)20-32(15-16-34(21-30)25(3)35)19-26-8-11-28(29(18-26)37-4)38-17-5-13-33-14-12-31-24(33)2/h6-12,14,18,36H,5,13,15-17,19-22H2,1-4H3/t30-/m1/s1. The van der Waals surface area contributed by atoms with E-state index in [1.807, 2.05) is 62.5 Å². The fourth-order valence-electron chi connectivity index (χ4n) is 4.83. The van der Waals surface area contributed by atoms with Crippen molar-refractivity contribution >= 4 is 5.91 Å². The number of ether oxygens (including phenoxy) is 3. The minimum absolute atomic E-state index is 0.0584. The summed E-state index contributed by atoms with van der Waals surface area (Å²) in [5.74, 6) is 3.00. The largest absolute Gasteiger partial charge is 0.493 e. The molecule has 3 aromatic rings. The molecule has 0 bridgehead atoms. The van der Waals surface area contributed by atoms with Crippen LogP contribution in [0.3, 0.4) is 0 Å². The molecule has 1 amide bonds. The number of rotatable bonds is 11. The highest BCUT2D eigenvalue weighted by atomic mass is 16.5. The van der Waals surface area contributed by atoms with Gasteiger partial charge in [0.15, 0.2) is 11.5 Å². The van der Waals surface area contributed by atoms with Gasteiger partial charge in [-0.25, -0.2) is 4.98 Å². The van der Waals surface area contributed by atoms with Gasteiger partial charge >= 0.3 is 0 Å². The molecule has 1 saturated heterocycles. The lowest BCUT2D eigenvalue weighted by atomic mass is 10.0. The van der Waals surface area contributed by atoms with E-state index in [0.717, 1.165) is 29.9 Å². The van der Waals surface area contributed by atoms with Crippen molar-refractivity contribution in [1.29, 1.82) is 0 Å². The third-order valence-electron chi connectivity index (χ3n) is 7.02. The summed E-state index contributed by atoms with van der Waals surface area (Å²) in [6, 6.07) is 13.7. The van der Waals surface area contributed by atoms with Crippen LogP contribution in [0.15, 0.2) is 54.9 Å². The zero-order chi connectivity index (χ0) is 27.8. The predicted octanol–water partition coefficient (Wildman–Crippen LogP) is 3.45. The van der Waals surface area contributed by atoms with Crippen molar-refractivity contribution in [2.45, 2.75) is 45.9 Å². The Kier molecular flexibility index (Phi) is 9.48. The SMILES string of the molecule is COc1cc(CN2CCN(C(C)=O)C[C@@](O)(COc3ccc(C)cc3)C2)ccc1OCCCn1ccnc1C. The minimum Gasteiger partial charge on any atom is -0.493 e. The number of hydrogen-bond acceptors (Lipinski definition) is 7. The number of benzene rings is 2. The number of carbonyl (C=O) groups excluding carboxylic acids is 1. The van der Waals surface area contributed by atoms with Gasteiger partial charge in [-0.3, -0.25) is 9.69 Å². The highest BCUT2D eigenvalue weighted by Crippen LogP contribution is 2.29. The molecule has 1 aliphatic rings. The Morgan fingerprint density at radius 3 is 2.54 bits per heavy atom. The Hall–Kier alpha value is -3.56. The van der Waals surface area contributed by atoms with Crippen LogP contribution in [0.5, 0.6) is 17.2 Å². The molecule has 9 nitrogen and oxygen atoms in total. The topological polar surface area (TPSA) is 89.3 Å². The summed E-state index contributed by atoms with van der Waals surface area (Å²) < 4.78 is 19.7. The number of methoxy groups -OCH3 is 1. The second-order valence-electron chi connectivity index (χ2n) is 10.3. The first kappa shape index (κ1) is 28.4. The fourth-order valence-corrected chi connectivity index (χ4v) is 4.83. The maximum absolute atomic E-state index is 12.2. The first-order valence-corrected chi connectivity index (χ1v) is 13.4. The smallest absolute Gasteiger partial charge is 0.219 e. The molecule has 0 spiro atoms. The van der Waals surface area contributed by atoms with Crippen LogP contribution in [0.1, 0.15) is 30.3 Å². The molecule has 1 aromatic heterocycles. The fraction of sp³-hybridized carbons (Fsp3) is 0.467. The molecule has 1 aliphatic heterocycles. The molecule has 39 heavy (non-hydrogen) atoms. The van der Waals surface area contributed by atoms with E-state index in [1.54, 1.807) is 18.2 Å². The summed E-state index contributed by atoms with van der Waals surface area (Å²) >= 11 is 0. The van der Waals surface area contributed by atoms with Gasteiger partial charge in [0.25, 0.3) is 0 Å². The second kappa shape index (κ2) is 13.0. The molecule has 2 heterocycles. The van der Waals surface area contributed by atoms with Crippen LogP contribution in [-0.2, 0) is 17.9 Å². The third-order valence-corrected chi connectivity index (χ3v) is 7.02. The number of nitrogens with zero attached hydrogens (tertiary/aromatic N) is 4. The first-order valence-electron chi connectivity index (χ1n) is 13.4. The Balaban J connectivity index is 1.38. The van der Waals surface area contributed by atoms with Gasteiger partial charge in [0.2, 0.25) is 5.91 Å². The van der Waals surface area contributed by atoms with Gasteiger partial charge in [0.1, 0.15) is 23.8 Å². The second-order valence-corrected chi connectivity index (χ2v) is 10.3. The molecule has 1 fully saturated rings. The highest BCUT2D eigenvalue weighted by Gasteiger charge is 2.37. The Bertz CT molecular complexity index is 1230. The van der Waals surface area contributed by atoms with Crippen LogP contribution in [0.25, 0.3) is 0 Å². The number of aromatic nitrogens is 2. The maximum Gasteiger partial charge on any atom is 0.219 e. The molecule has 4 rings (SSSR count). The molecule has 1 atom stereocenters. The number of hydrogen-bond donors (Lipinski definition) is 1. The lowest BCUT2D eigenvalue weighted by Crippen LogP contribution is -2.51. The minimum atomic E-state index is -1.21. The summed E-state index contributed by atoms with van der Waals surface area (Å²) in [5, 5.41) is 11.6. The number of amides is 1. The van der Waals surface area contributed by atoms with E-state index < -0.39 is 5.60 Å². The quantitative estimate of drug-likeness (QED) is 0.376. The molecular formula is C30H40N4O5. The average molecular weight is 537 g/mol. The highest BCUT2D eigenvalue weighted by molar-refractivity contribution is 5.73. The number of carbonyl (C=O) groups is 1. The summed E-state index contributed by atoms with van der Waals surface area (Å²) in [6.07, 6.45) is 4.63. The van der Waals surface area contributed by atoms with Gasteiger partial charge in [-0.2, -0.15) is 0 Å². The van der Waals surface area contributed by atoms with E-state index in [0.29, 0.717) is 50.0 Å². The molecule has 2 aromatic carbocycles. The third kappa shape index (κ3) is 7.97. The van der Waals surface area contributed by atoms with Crippen molar-refractivity contribution in [2.75, 3.05) is 46.5 Å². The van der Waals surface area contributed by atoms with E-state index in [2.05, 4.69) is 14.5 Å². The predicted molar refractivity (Wildman–Crippen MR) is 149 cm³/mol. The first-order chi connectivity index (χ1) is 18.7. The zero-order valence-corrected chi connectivity index (χ0v) is 23.4. The Morgan fingerprint density at radius 1 is 1.05 bits per heavy atom. The van der Waals surface area contributed by atoms with Crippen LogP contribution in [0.2, 0.25) is 0 Å². The van der Waals surface area contributed by atoms with Crippen LogP contribution in [0, 0.1) is 13.8 Å². The van der Waals surface area contributed by atoms with Crippen LogP contribution in [0.4, 0.5) is 0 Å². The summed E-state index contributed by atoms with van der Waals surface area (Å²) in [5.41, 5.74) is 0.959. The van der Waals surface area contributed by atoms with Crippen molar-refractivity contribution in [3.63, 3.8) is 0 Å². The number of aryl methyl sites for hydroxylation is 3. The average Bonchev–Trinajstić information content (AvgIpc) is 3.24. The molecule has 0 aliphatic carbocycles. The van der Waals surface area contributed by atoms with E-state index in [9.17, 15) is 9.90 Å². The lowest BCUT2D eigenvalue weighted by molar-refractivity contribution is -0.132. The molecule has 0 unspecified atom stereocenters. The summed E-state index contributed by atoms with van der Waals surface area (Å²) in [7, 11) is 1.64. The van der Waals surface area contributed by atoms with Gasteiger partial charge in [-0.05, 0) is 50.1 Å². The van der Waals surface area contributed by atoms with E-state index in [1.165, 1.54) is 6.92 Å². The van der Waals surface area contributed by atoms with Crippen molar-refractivity contribution in [3.8, 4) is 17.2 Å². The summed E-state index contributed by atoms with van der Waals surface area (Å²) in [4.78, 5) is 20.4. The van der Waals surface area contributed by atoms with Crippen LogP contribution in [-0.4, -0.2) is 82.5 Å². The van der Waals surface area contributed by atoms with Gasteiger partial charge < -0.3 is 28.8 Å². The molecule has 0 radical (unpaired) electrons. The van der Waals surface area contributed by atoms with E-state index in [4.69, 9.17) is 14.2 Å². The molecule has 210 valence electrons. The number of β-amino-alcohol motifs (C(OH)–C–C–N with tert-alkyl or cyclic N) is 1. The van der Waals surface area contributed by atoms with Gasteiger partial charge in [0, 0.05) is 52.0 Å². The molecule has 0 saturated carbocycles. The van der Waals surface area contributed by atoms with Gasteiger partial charge in [-0.15, -0.1) is 0 Å². The Morgan fingerprint density at radius 2 is 1.85 bits per heavy atom. The molecular weight excluding hydrogens is 496 g/mol. The normalized spacial score (nSPS) is 18.0. The van der Waals surface area contributed by atoms with Gasteiger partial charge in [0.05, 0.1) is 20.3 Å². The van der Waals surface area contributed by atoms with Crippen molar-refractivity contribution in [2.24, 2.45) is 0 Å². The molecule has 1 N–H and O–H groups in total. The van der Waals surface area contributed by atoms with Gasteiger partial charge in [-0.1, -0.05) is 23.8 Å². The van der Waals surface area contributed by atoms with Crippen molar-refractivity contribution < 1.29 is 24.1 Å². The van der Waals surface area contributed by atoms with Crippen LogP contribution < -0.4 is 14.2 Å². The zero-order valence-electron chi connectivity index (χ0n) is 23.4. The maximum atomic E-state index is 12.2. The summed E-state index contributed by atoms with van der Waals surface area (Å²) in [6.45, 7) is 9.40.